The van der Waals surface area contributed by atoms with Crippen molar-refractivity contribution in [2.75, 3.05) is 13.1 Å². The first-order valence-corrected chi connectivity index (χ1v) is 8.71. The average Bonchev–Trinajstić information content (AvgIpc) is 3.13. The standard InChI is InChI=1S/C17H29N3O/c21-17(14-20-11-5-9-18-20)13-19-10-4-8-16(19)12-15-6-2-1-3-7-15/h5,9,11,15-17,21H,1-4,6-8,10,12-14H2/t16-,17+/m0/s1. The number of aliphatic hydroxyl groups is 1. The normalized spacial score (nSPS) is 26.2. The monoisotopic (exact) mass is 291 g/mol. The van der Waals surface area contributed by atoms with E-state index in [1.54, 1.807) is 6.20 Å². The van der Waals surface area contributed by atoms with E-state index in [9.17, 15) is 5.11 Å². The Morgan fingerprint density at radius 1 is 1.10 bits per heavy atom. The molecule has 0 unspecified atom stereocenters. The minimum Gasteiger partial charge on any atom is -0.390 e. The van der Waals surface area contributed by atoms with Gasteiger partial charge in [-0.05, 0) is 37.8 Å². The Morgan fingerprint density at radius 3 is 2.71 bits per heavy atom. The fourth-order valence-corrected chi connectivity index (χ4v) is 4.16. The molecule has 1 aromatic heterocycles. The van der Waals surface area contributed by atoms with Crippen LogP contribution in [-0.4, -0.2) is 45.0 Å². The van der Waals surface area contributed by atoms with E-state index in [-0.39, 0.29) is 6.10 Å². The van der Waals surface area contributed by atoms with E-state index < -0.39 is 0 Å². The van der Waals surface area contributed by atoms with Gasteiger partial charge in [-0.3, -0.25) is 9.58 Å². The second-order valence-electron chi connectivity index (χ2n) is 6.91. The molecule has 1 aliphatic carbocycles. The molecule has 21 heavy (non-hydrogen) atoms. The van der Waals surface area contributed by atoms with E-state index in [4.69, 9.17) is 0 Å². The van der Waals surface area contributed by atoms with E-state index >= 15 is 0 Å². The van der Waals surface area contributed by atoms with Gasteiger partial charge in [0.25, 0.3) is 0 Å². The maximum Gasteiger partial charge on any atom is 0.0862 e. The Bertz CT molecular complexity index is 400. The first-order chi connectivity index (χ1) is 10.3. The number of aliphatic hydroxyl groups excluding tert-OH is 1. The van der Waals surface area contributed by atoms with Crippen LogP contribution in [0.3, 0.4) is 0 Å². The van der Waals surface area contributed by atoms with Gasteiger partial charge in [0.05, 0.1) is 12.6 Å². The van der Waals surface area contributed by atoms with Gasteiger partial charge in [-0.2, -0.15) is 5.10 Å². The molecule has 2 fully saturated rings. The third kappa shape index (κ3) is 4.30. The summed E-state index contributed by atoms with van der Waals surface area (Å²) in [4.78, 5) is 2.53. The molecule has 1 aromatic rings. The fourth-order valence-electron chi connectivity index (χ4n) is 4.16. The molecule has 0 amide bonds. The molecular weight excluding hydrogens is 262 g/mol. The smallest absolute Gasteiger partial charge is 0.0862 e. The fraction of sp³-hybridized carbons (Fsp3) is 0.824. The lowest BCUT2D eigenvalue weighted by molar-refractivity contribution is 0.0815. The molecule has 3 rings (SSSR count). The van der Waals surface area contributed by atoms with E-state index in [2.05, 4.69) is 10.00 Å². The van der Waals surface area contributed by atoms with Crippen LogP contribution >= 0.6 is 0 Å². The zero-order chi connectivity index (χ0) is 14.5. The Balaban J connectivity index is 1.46. The van der Waals surface area contributed by atoms with Crippen LogP contribution in [0.1, 0.15) is 51.4 Å². The summed E-state index contributed by atoms with van der Waals surface area (Å²) in [7, 11) is 0. The maximum absolute atomic E-state index is 10.3. The van der Waals surface area contributed by atoms with Gasteiger partial charge in [0.15, 0.2) is 0 Å². The molecule has 2 aliphatic rings. The molecule has 1 aliphatic heterocycles. The van der Waals surface area contributed by atoms with Crippen molar-refractivity contribution in [2.45, 2.75) is 70.1 Å². The molecular formula is C17H29N3O. The highest BCUT2D eigenvalue weighted by atomic mass is 16.3. The second kappa shape index (κ2) is 7.41. The SMILES string of the molecule is O[C@H](CN1CCC[C@H]1CC1CCCCC1)Cn1cccn1. The van der Waals surface area contributed by atoms with Crippen LogP contribution in [0, 0.1) is 5.92 Å². The van der Waals surface area contributed by atoms with Gasteiger partial charge in [0, 0.05) is 25.0 Å². The number of aromatic nitrogens is 2. The first kappa shape index (κ1) is 15.0. The number of hydrogen-bond acceptors (Lipinski definition) is 3. The number of β-amino-alcohol motifs (C(OH)–C–C–N with tert-alkyl or cyclic N) is 1. The summed E-state index contributed by atoms with van der Waals surface area (Å²) in [6.45, 7) is 2.57. The van der Waals surface area contributed by atoms with E-state index in [1.807, 2.05) is 16.9 Å². The van der Waals surface area contributed by atoms with Gasteiger partial charge in [0.2, 0.25) is 0 Å². The topological polar surface area (TPSA) is 41.3 Å². The quantitative estimate of drug-likeness (QED) is 0.876. The first-order valence-electron chi connectivity index (χ1n) is 8.71. The van der Waals surface area contributed by atoms with Crippen LogP contribution in [0.15, 0.2) is 18.5 Å². The lowest BCUT2D eigenvalue weighted by atomic mass is 9.84. The lowest BCUT2D eigenvalue weighted by Gasteiger charge is -2.31. The Hall–Kier alpha value is -0.870. The largest absolute Gasteiger partial charge is 0.390 e. The summed E-state index contributed by atoms with van der Waals surface area (Å²) in [5.41, 5.74) is 0. The molecule has 0 spiro atoms. The van der Waals surface area contributed by atoms with Crippen LogP contribution in [-0.2, 0) is 6.54 Å². The van der Waals surface area contributed by atoms with Crippen molar-refractivity contribution >= 4 is 0 Å². The average molecular weight is 291 g/mol. The molecule has 118 valence electrons. The third-order valence-electron chi connectivity index (χ3n) is 5.23. The zero-order valence-corrected chi connectivity index (χ0v) is 13.0. The third-order valence-corrected chi connectivity index (χ3v) is 5.23. The molecule has 0 bridgehead atoms. The van der Waals surface area contributed by atoms with Gasteiger partial charge in [-0.1, -0.05) is 32.1 Å². The molecule has 2 heterocycles. The van der Waals surface area contributed by atoms with E-state index in [1.165, 1.54) is 51.4 Å². The van der Waals surface area contributed by atoms with Crippen LogP contribution in [0.4, 0.5) is 0 Å². The molecule has 0 radical (unpaired) electrons. The number of rotatable bonds is 6. The van der Waals surface area contributed by atoms with Crippen molar-refractivity contribution in [1.29, 1.82) is 0 Å². The van der Waals surface area contributed by atoms with Gasteiger partial charge in [0.1, 0.15) is 0 Å². The number of likely N-dealkylation sites (tertiary alicyclic amines) is 1. The predicted molar refractivity (Wildman–Crippen MR) is 84.0 cm³/mol. The van der Waals surface area contributed by atoms with Gasteiger partial charge in [-0.15, -0.1) is 0 Å². The number of hydrogen-bond donors (Lipinski definition) is 1. The summed E-state index contributed by atoms with van der Waals surface area (Å²) in [5.74, 6) is 0.938. The van der Waals surface area contributed by atoms with Gasteiger partial charge in [-0.25, -0.2) is 0 Å². The predicted octanol–water partition coefficient (Wildman–Crippen LogP) is 2.68. The summed E-state index contributed by atoms with van der Waals surface area (Å²) < 4.78 is 1.83. The van der Waals surface area contributed by atoms with E-state index in [0.717, 1.165) is 19.0 Å². The minimum absolute atomic E-state index is 0.308. The molecule has 1 saturated carbocycles. The van der Waals surface area contributed by atoms with Crippen LogP contribution in [0.25, 0.3) is 0 Å². The van der Waals surface area contributed by atoms with Gasteiger partial charge < -0.3 is 5.11 Å². The van der Waals surface area contributed by atoms with Crippen LogP contribution in [0.5, 0.6) is 0 Å². The molecule has 1 saturated heterocycles. The number of nitrogens with zero attached hydrogens (tertiary/aromatic N) is 3. The van der Waals surface area contributed by atoms with Gasteiger partial charge >= 0.3 is 0 Å². The van der Waals surface area contributed by atoms with Crippen molar-refractivity contribution in [3.63, 3.8) is 0 Å². The zero-order valence-electron chi connectivity index (χ0n) is 13.0. The highest BCUT2D eigenvalue weighted by Crippen LogP contribution is 2.32. The Kier molecular flexibility index (Phi) is 5.31. The van der Waals surface area contributed by atoms with E-state index in [0.29, 0.717) is 12.6 Å². The molecule has 2 atom stereocenters. The maximum atomic E-state index is 10.3. The highest BCUT2D eigenvalue weighted by molar-refractivity contribution is 4.85. The van der Waals surface area contributed by atoms with Crippen molar-refractivity contribution in [1.82, 2.24) is 14.7 Å². The Morgan fingerprint density at radius 2 is 1.95 bits per heavy atom. The van der Waals surface area contributed by atoms with Crippen LogP contribution in [0.2, 0.25) is 0 Å². The highest BCUT2D eigenvalue weighted by Gasteiger charge is 2.29. The summed E-state index contributed by atoms with van der Waals surface area (Å²) in [6.07, 6.45) is 14.5. The van der Waals surface area contributed by atoms with Crippen LogP contribution < -0.4 is 0 Å². The lowest BCUT2D eigenvalue weighted by Crippen LogP contribution is -2.39. The summed E-state index contributed by atoms with van der Waals surface area (Å²) in [5, 5.41) is 14.5. The molecule has 1 N–H and O–H groups in total. The molecule has 4 heteroatoms. The van der Waals surface area contributed by atoms with Crippen molar-refractivity contribution in [3.05, 3.63) is 18.5 Å². The molecule has 4 nitrogen and oxygen atoms in total. The summed E-state index contributed by atoms with van der Waals surface area (Å²) >= 11 is 0. The Labute approximate surface area is 128 Å². The van der Waals surface area contributed by atoms with Crippen molar-refractivity contribution in [2.24, 2.45) is 5.92 Å². The van der Waals surface area contributed by atoms with Crippen molar-refractivity contribution in [3.8, 4) is 0 Å². The minimum atomic E-state index is -0.308. The second-order valence-corrected chi connectivity index (χ2v) is 6.91. The summed E-state index contributed by atoms with van der Waals surface area (Å²) in [6, 6.07) is 2.62. The van der Waals surface area contributed by atoms with Crippen molar-refractivity contribution < 1.29 is 5.11 Å². The molecule has 0 aromatic carbocycles.